The van der Waals surface area contributed by atoms with Crippen molar-refractivity contribution in [1.82, 2.24) is 4.98 Å². The molecule has 0 saturated heterocycles. The smallest absolute Gasteiger partial charge is 0.0980 e. The Hall–Kier alpha value is -0.370. The zero-order valence-corrected chi connectivity index (χ0v) is 11.5. The molecule has 0 aliphatic heterocycles. The maximum absolute atomic E-state index is 9.84. The van der Waals surface area contributed by atoms with Gasteiger partial charge in [0.05, 0.1) is 11.8 Å². The number of pyridine rings is 1. The quantitative estimate of drug-likeness (QED) is 0.860. The topological polar surface area (TPSA) is 33.1 Å². The van der Waals surface area contributed by atoms with Gasteiger partial charge in [0.15, 0.2) is 0 Å². The number of aliphatic hydroxyl groups excluding tert-OH is 1. The second kappa shape index (κ2) is 6.26. The molecule has 2 nitrogen and oxygen atoms in total. The first-order valence-corrected chi connectivity index (χ1v) is 6.12. The van der Waals surface area contributed by atoms with Crippen LogP contribution in [0.4, 0.5) is 0 Å². The van der Waals surface area contributed by atoms with Gasteiger partial charge in [0, 0.05) is 21.6 Å². The fourth-order valence-electron chi connectivity index (χ4n) is 1.14. The van der Waals surface area contributed by atoms with Crippen molar-refractivity contribution < 1.29 is 5.11 Å². The van der Waals surface area contributed by atoms with Gasteiger partial charge in [-0.05, 0) is 51.3 Å². The number of rotatable bonds is 3. The summed E-state index contributed by atoms with van der Waals surface area (Å²) in [6.45, 7) is 1.79. The normalized spacial score (nSPS) is 11.7. The molecule has 1 atom stereocenters. The molecule has 0 fully saturated rings. The highest BCUT2D eigenvalue weighted by atomic mass is 79.9. The van der Waals surface area contributed by atoms with Crippen molar-refractivity contribution in [2.75, 3.05) is 0 Å². The molecule has 0 bridgehead atoms. The molecule has 1 rings (SSSR count). The summed E-state index contributed by atoms with van der Waals surface area (Å²) in [7, 11) is 0. The second-order valence-electron chi connectivity index (χ2n) is 3.00. The van der Waals surface area contributed by atoms with Crippen LogP contribution in [0.25, 0.3) is 0 Å². The van der Waals surface area contributed by atoms with E-state index >= 15 is 0 Å². The lowest BCUT2D eigenvalue weighted by Gasteiger charge is -2.10. The van der Waals surface area contributed by atoms with Gasteiger partial charge in [-0.25, -0.2) is 0 Å². The molecular formula is C11H11Br2NO. The van der Waals surface area contributed by atoms with Crippen LogP contribution in [-0.4, -0.2) is 10.1 Å². The summed E-state index contributed by atoms with van der Waals surface area (Å²) in [6, 6.07) is 1.87. The van der Waals surface area contributed by atoms with Gasteiger partial charge in [-0.1, -0.05) is 0 Å². The fourth-order valence-corrected chi connectivity index (χ4v) is 2.39. The Bertz CT molecular complexity index is 395. The van der Waals surface area contributed by atoms with E-state index in [-0.39, 0.29) is 0 Å². The summed E-state index contributed by atoms with van der Waals surface area (Å²) in [5.74, 6) is 5.71. The fraction of sp³-hybridized carbons (Fsp3) is 0.364. The summed E-state index contributed by atoms with van der Waals surface area (Å²) in [6.07, 6.45) is 2.40. The number of aliphatic hydroxyl groups is 1. The molecule has 0 aliphatic carbocycles. The lowest BCUT2D eigenvalue weighted by atomic mass is 10.1. The van der Waals surface area contributed by atoms with Crippen LogP contribution >= 0.6 is 31.9 Å². The molecular weight excluding hydrogens is 322 g/mol. The van der Waals surface area contributed by atoms with Crippen LogP contribution in [0.3, 0.4) is 0 Å². The van der Waals surface area contributed by atoms with Crippen LogP contribution in [0, 0.1) is 11.8 Å². The van der Waals surface area contributed by atoms with Crippen LogP contribution in [-0.2, 0) is 0 Å². The minimum absolute atomic E-state index is 0.562. The summed E-state index contributed by atoms with van der Waals surface area (Å²) in [5, 5.41) is 9.84. The molecule has 4 heteroatoms. The second-order valence-corrected chi connectivity index (χ2v) is 4.77. The lowest BCUT2D eigenvalue weighted by Crippen LogP contribution is -2.01. The Morgan fingerprint density at radius 1 is 1.53 bits per heavy atom. The van der Waals surface area contributed by atoms with Gasteiger partial charge in [-0.2, -0.15) is 0 Å². The van der Waals surface area contributed by atoms with Crippen molar-refractivity contribution in [3.8, 4) is 11.8 Å². The van der Waals surface area contributed by atoms with Crippen molar-refractivity contribution in [1.29, 1.82) is 0 Å². The van der Waals surface area contributed by atoms with E-state index in [1.807, 2.05) is 6.07 Å². The van der Waals surface area contributed by atoms with E-state index in [1.165, 1.54) is 0 Å². The minimum Gasteiger partial charge on any atom is -0.387 e. The third kappa shape index (κ3) is 3.94. The van der Waals surface area contributed by atoms with Crippen molar-refractivity contribution in [2.24, 2.45) is 0 Å². The average molecular weight is 333 g/mol. The minimum atomic E-state index is -0.562. The van der Waals surface area contributed by atoms with Crippen LogP contribution in [0.1, 0.15) is 31.6 Å². The number of halogens is 2. The first kappa shape index (κ1) is 12.7. The zero-order valence-electron chi connectivity index (χ0n) is 8.30. The molecule has 15 heavy (non-hydrogen) atoms. The summed E-state index contributed by atoms with van der Waals surface area (Å²) < 4.78 is 1.70. The Balaban J connectivity index is 2.71. The van der Waals surface area contributed by atoms with Gasteiger partial charge in [-0.15, -0.1) is 11.8 Å². The van der Waals surface area contributed by atoms with Crippen LogP contribution in [0.5, 0.6) is 0 Å². The van der Waals surface area contributed by atoms with Gasteiger partial charge in [0.1, 0.15) is 0 Å². The summed E-state index contributed by atoms with van der Waals surface area (Å²) in [4.78, 5) is 4.16. The van der Waals surface area contributed by atoms with Gasteiger partial charge in [0.25, 0.3) is 0 Å². The van der Waals surface area contributed by atoms with E-state index in [1.54, 1.807) is 13.1 Å². The Morgan fingerprint density at radius 3 is 2.87 bits per heavy atom. The molecule has 1 unspecified atom stereocenters. The van der Waals surface area contributed by atoms with Crippen LogP contribution in [0.15, 0.2) is 21.2 Å². The Kier molecular flexibility index (Phi) is 5.30. The van der Waals surface area contributed by atoms with Crippen LogP contribution < -0.4 is 0 Å². The Labute approximate surface area is 106 Å². The van der Waals surface area contributed by atoms with E-state index in [4.69, 9.17) is 0 Å². The maximum Gasteiger partial charge on any atom is 0.0980 e. The largest absolute Gasteiger partial charge is 0.387 e. The summed E-state index contributed by atoms with van der Waals surface area (Å²) in [5.41, 5.74) is 0.663. The molecule has 0 amide bonds. The number of hydrogen-bond donors (Lipinski definition) is 1. The van der Waals surface area contributed by atoms with Crippen molar-refractivity contribution in [2.45, 2.75) is 25.9 Å². The third-order valence-electron chi connectivity index (χ3n) is 1.87. The van der Waals surface area contributed by atoms with Crippen LogP contribution in [0.2, 0.25) is 0 Å². The monoisotopic (exact) mass is 331 g/mol. The molecule has 0 saturated carbocycles. The number of nitrogens with zero attached hydrogens (tertiary/aromatic N) is 1. The van der Waals surface area contributed by atoms with Gasteiger partial charge in [0.2, 0.25) is 0 Å². The Morgan fingerprint density at radius 2 is 2.27 bits per heavy atom. The van der Waals surface area contributed by atoms with E-state index < -0.39 is 6.10 Å². The van der Waals surface area contributed by atoms with Crippen molar-refractivity contribution in [3.05, 3.63) is 26.9 Å². The predicted molar refractivity (Wildman–Crippen MR) is 67.3 cm³/mol. The number of aromatic nitrogens is 1. The first-order chi connectivity index (χ1) is 7.15. The van der Waals surface area contributed by atoms with E-state index in [2.05, 4.69) is 48.7 Å². The molecule has 0 radical (unpaired) electrons. The lowest BCUT2D eigenvalue weighted by molar-refractivity contribution is 0.164. The van der Waals surface area contributed by atoms with E-state index in [0.29, 0.717) is 18.5 Å². The zero-order chi connectivity index (χ0) is 11.3. The first-order valence-electron chi connectivity index (χ1n) is 4.53. The average Bonchev–Trinajstić information content (AvgIpc) is 2.17. The summed E-state index contributed by atoms with van der Waals surface area (Å²) >= 11 is 6.68. The third-order valence-corrected chi connectivity index (χ3v) is 2.94. The predicted octanol–water partition coefficient (Wildman–Crippen LogP) is 3.44. The highest BCUT2D eigenvalue weighted by Gasteiger charge is 2.12. The molecule has 0 aromatic carbocycles. The molecule has 1 heterocycles. The van der Waals surface area contributed by atoms with Gasteiger partial charge in [-0.3, -0.25) is 4.98 Å². The standard InChI is InChI=1S/C11H11Br2NO/c1-2-3-4-5-10(15)11-9(13)6-8(12)7-14-11/h6-7,10,15H,4-5H2,1H3. The molecule has 80 valence electrons. The molecule has 1 aromatic rings. The molecule has 0 spiro atoms. The molecule has 1 aromatic heterocycles. The molecule has 0 aliphatic rings. The van der Waals surface area contributed by atoms with E-state index in [9.17, 15) is 5.11 Å². The SMILES string of the molecule is CC#CCCC(O)c1ncc(Br)cc1Br. The maximum atomic E-state index is 9.84. The molecule has 1 N–H and O–H groups in total. The number of hydrogen-bond acceptors (Lipinski definition) is 2. The van der Waals surface area contributed by atoms with Crippen molar-refractivity contribution in [3.63, 3.8) is 0 Å². The van der Waals surface area contributed by atoms with E-state index in [0.717, 1.165) is 8.95 Å². The van der Waals surface area contributed by atoms with Crippen molar-refractivity contribution >= 4 is 31.9 Å². The highest BCUT2D eigenvalue weighted by molar-refractivity contribution is 9.11. The van der Waals surface area contributed by atoms with Gasteiger partial charge >= 0.3 is 0 Å². The van der Waals surface area contributed by atoms with Gasteiger partial charge < -0.3 is 5.11 Å². The highest BCUT2D eigenvalue weighted by Crippen LogP contribution is 2.26.